The van der Waals surface area contributed by atoms with E-state index in [1.165, 1.54) is 0 Å². The largest absolute Gasteiger partial charge is 0.379 e. The van der Waals surface area contributed by atoms with E-state index in [2.05, 4.69) is 25.7 Å². The van der Waals surface area contributed by atoms with Crippen molar-refractivity contribution >= 4 is 5.69 Å². The summed E-state index contributed by atoms with van der Waals surface area (Å²) in [6.45, 7) is 11.7. The molecule has 1 saturated heterocycles. The minimum Gasteiger partial charge on any atom is -0.379 e. The van der Waals surface area contributed by atoms with E-state index in [-0.39, 0.29) is 22.8 Å². The molecule has 176 valence electrons. The second-order valence-electron chi connectivity index (χ2n) is 8.18. The van der Waals surface area contributed by atoms with E-state index in [1.807, 2.05) is 19.9 Å². The summed E-state index contributed by atoms with van der Waals surface area (Å²) < 4.78 is 12.8. The van der Waals surface area contributed by atoms with Crippen LogP contribution in [0.5, 0.6) is 0 Å². The van der Waals surface area contributed by atoms with Gasteiger partial charge in [0.25, 0.3) is 5.69 Å². The number of hydrogen-bond acceptors (Lipinski definition) is 9. The van der Waals surface area contributed by atoms with E-state index < -0.39 is 0 Å². The second-order valence-corrected chi connectivity index (χ2v) is 8.18. The molecule has 0 saturated carbocycles. The third-order valence-electron chi connectivity index (χ3n) is 5.43. The zero-order valence-corrected chi connectivity index (χ0v) is 19.1. The monoisotopic (exact) mass is 447 g/mol. The lowest BCUT2D eigenvalue weighted by molar-refractivity contribution is -0.385. The van der Waals surface area contributed by atoms with Crippen molar-refractivity contribution in [2.24, 2.45) is 0 Å². The van der Waals surface area contributed by atoms with Crippen LogP contribution in [-0.4, -0.2) is 82.1 Å². The number of morpholine rings is 1. The molecule has 1 fully saturated rings. The normalized spacial score (nSPS) is 15.9. The van der Waals surface area contributed by atoms with E-state index >= 15 is 0 Å². The fraction of sp³-hybridized carbons (Fsp3) is 0.667. The van der Waals surface area contributed by atoms with Crippen molar-refractivity contribution in [2.45, 2.75) is 45.9 Å². The van der Waals surface area contributed by atoms with Gasteiger partial charge in [0.05, 0.1) is 36.8 Å². The van der Waals surface area contributed by atoms with E-state index in [4.69, 9.17) is 9.47 Å². The van der Waals surface area contributed by atoms with Gasteiger partial charge in [0.15, 0.2) is 5.82 Å². The Hall–Kier alpha value is -2.47. The lowest BCUT2D eigenvalue weighted by atomic mass is 10.0. The molecule has 32 heavy (non-hydrogen) atoms. The SMILES string of the molecule is Cc1ccc(C(NCCCOC(C)C)c2nnnn2CCN2CCOCC2)cc1[N+](=O)[O-]. The Balaban J connectivity index is 1.77. The smallest absolute Gasteiger partial charge is 0.272 e. The molecule has 1 aromatic carbocycles. The molecule has 2 heterocycles. The number of nitrogens with one attached hydrogen (secondary N) is 1. The van der Waals surface area contributed by atoms with Gasteiger partial charge in [0.1, 0.15) is 0 Å². The summed E-state index contributed by atoms with van der Waals surface area (Å²) in [5, 5.41) is 27.3. The Morgan fingerprint density at radius 2 is 2.06 bits per heavy atom. The minimum atomic E-state index is -0.368. The van der Waals surface area contributed by atoms with Crippen molar-refractivity contribution in [1.82, 2.24) is 30.4 Å². The zero-order chi connectivity index (χ0) is 22.9. The van der Waals surface area contributed by atoms with Crippen molar-refractivity contribution in [2.75, 3.05) is 46.0 Å². The summed E-state index contributed by atoms with van der Waals surface area (Å²) in [5.41, 5.74) is 1.47. The highest BCUT2D eigenvalue weighted by atomic mass is 16.6. The van der Waals surface area contributed by atoms with Crippen LogP contribution in [-0.2, 0) is 16.0 Å². The molecule has 1 N–H and O–H groups in total. The third kappa shape index (κ3) is 6.76. The lowest BCUT2D eigenvalue weighted by Gasteiger charge is -2.26. The van der Waals surface area contributed by atoms with Gasteiger partial charge >= 0.3 is 0 Å². The van der Waals surface area contributed by atoms with Gasteiger partial charge in [-0.25, -0.2) is 4.68 Å². The van der Waals surface area contributed by atoms with Gasteiger partial charge in [-0.1, -0.05) is 12.1 Å². The van der Waals surface area contributed by atoms with Crippen molar-refractivity contribution in [3.05, 3.63) is 45.3 Å². The van der Waals surface area contributed by atoms with Crippen molar-refractivity contribution in [3.8, 4) is 0 Å². The summed E-state index contributed by atoms with van der Waals surface area (Å²) in [5.74, 6) is 0.640. The summed E-state index contributed by atoms with van der Waals surface area (Å²) in [6, 6.07) is 4.91. The molecule has 0 aliphatic carbocycles. The molecule has 3 rings (SSSR count). The number of benzene rings is 1. The molecule has 0 bridgehead atoms. The van der Waals surface area contributed by atoms with Gasteiger partial charge in [0, 0.05) is 37.9 Å². The maximum absolute atomic E-state index is 11.5. The van der Waals surface area contributed by atoms with Crippen LogP contribution in [0.2, 0.25) is 0 Å². The number of nitrogens with zero attached hydrogens (tertiary/aromatic N) is 6. The first-order valence-corrected chi connectivity index (χ1v) is 11.1. The average Bonchev–Trinajstić information content (AvgIpc) is 3.24. The van der Waals surface area contributed by atoms with Crippen molar-refractivity contribution in [1.29, 1.82) is 0 Å². The van der Waals surface area contributed by atoms with Crippen LogP contribution in [0, 0.1) is 17.0 Å². The summed E-state index contributed by atoms with van der Waals surface area (Å²) in [4.78, 5) is 13.5. The highest BCUT2D eigenvalue weighted by Gasteiger charge is 2.24. The van der Waals surface area contributed by atoms with Crippen LogP contribution >= 0.6 is 0 Å². The van der Waals surface area contributed by atoms with Crippen LogP contribution in [0.3, 0.4) is 0 Å². The number of aromatic nitrogens is 4. The molecule has 2 aromatic rings. The molecule has 0 amide bonds. The highest BCUT2D eigenvalue weighted by molar-refractivity contribution is 5.44. The van der Waals surface area contributed by atoms with Crippen LogP contribution in [0.15, 0.2) is 18.2 Å². The first-order valence-electron chi connectivity index (χ1n) is 11.1. The Morgan fingerprint density at radius 1 is 1.28 bits per heavy atom. The molecule has 1 aromatic heterocycles. The van der Waals surface area contributed by atoms with Crippen LogP contribution in [0.4, 0.5) is 5.69 Å². The standard InChI is InChI=1S/C21H33N7O4/c1-16(2)32-12-4-7-22-20(18-6-5-17(3)19(15-18)28(29)30)21-23-24-25-27(21)9-8-26-10-13-31-14-11-26/h5-6,15-16,20,22H,4,7-14H2,1-3H3. The Morgan fingerprint density at radius 3 is 2.78 bits per heavy atom. The summed E-state index contributed by atoms with van der Waals surface area (Å²) >= 11 is 0. The molecule has 0 radical (unpaired) electrons. The molecule has 1 aliphatic heterocycles. The summed E-state index contributed by atoms with van der Waals surface area (Å²) in [7, 11) is 0. The van der Waals surface area contributed by atoms with E-state index in [0.717, 1.165) is 44.8 Å². The maximum atomic E-state index is 11.5. The van der Waals surface area contributed by atoms with Crippen LogP contribution in [0.25, 0.3) is 0 Å². The minimum absolute atomic E-state index is 0.0878. The van der Waals surface area contributed by atoms with E-state index in [1.54, 1.807) is 23.7 Å². The first-order chi connectivity index (χ1) is 15.5. The summed E-state index contributed by atoms with van der Waals surface area (Å²) in [6.07, 6.45) is 0.982. The first kappa shape index (κ1) is 24.2. The van der Waals surface area contributed by atoms with E-state index in [9.17, 15) is 10.1 Å². The maximum Gasteiger partial charge on any atom is 0.272 e. The molecular weight excluding hydrogens is 414 g/mol. The number of nitro benzene ring substituents is 1. The molecule has 1 aliphatic rings. The topological polar surface area (TPSA) is 120 Å². The Kier molecular flexibility index (Phi) is 9.03. The van der Waals surface area contributed by atoms with Crippen molar-refractivity contribution in [3.63, 3.8) is 0 Å². The fourth-order valence-corrected chi connectivity index (χ4v) is 3.64. The zero-order valence-electron chi connectivity index (χ0n) is 19.1. The number of rotatable bonds is 12. The molecule has 11 nitrogen and oxygen atoms in total. The predicted octanol–water partition coefficient (Wildman–Crippen LogP) is 1.72. The fourth-order valence-electron chi connectivity index (χ4n) is 3.64. The second kappa shape index (κ2) is 12.0. The molecule has 11 heteroatoms. The third-order valence-corrected chi connectivity index (χ3v) is 5.43. The van der Waals surface area contributed by atoms with Crippen LogP contribution in [0.1, 0.15) is 43.3 Å². The average molecular weight is 448 g/mol. The van der Waals surface area contributed by atoms with Gasteiger partial charge in [0.2, 0.25) is 0 Å². The number of aryl methyl sites for hydroxylation is 1. The van der Waals surface area contributed by atoms with Gasteiger partial charge in [-0.05, 0) is 49.7 Å². The Bertz CT molecular complexity index is 868. The lowest BCUT2D eigenvalue weighted by Crippen LogP contribution is -2.38. The molecule has 1 atom stereocenters. The number of ether oxygens (including phenoxy) is 2. The number of tetrazole rings is 1. The quantitative estimate of drug-likeness (QED) is 0.294. The van der Waals surface area contributed by atoms with Gasteiger partial charge in [-0.2, -0.15) is 0 Å². The Labute approximate surface area is 188 Å². The number of nitro groups is 1. The van der Waals surface area contributed by atoms with Gasteiger partial charge < -0.3 is 14.8 Å². The van der Waals surface area contributed by atoms with Gasteiger partial charge in [-0.3, -0.25) is 15.0 Å². The number of hydrogen-bond donors (Lipinski definition) is 1. The van der Waals surface area contributed by atoms with E-state index in [0.29, 0.717) is 31.1 Å². The molecular formula is C21H33N7O4. The molecule has 1 unspecified atom stereocenters. The molecule has 0 spiro atoms. The predicted molar refractivity (Wildman–Crippen MR) is 118 cm³/mol. The highest BCUT2D eigenvalue weighted by Crippen LogP contribution is 2.26. The van der Waals surface area contributed by atoms with Crippen LogP contribution < -0.4 is 5.32 Å². The van der Waals surface area contributed by atoms with Gasteiger partial charge in [-0.15, -0.1) is 5.10 Å². The van der Waals surface area contributed by atoms with Crippen molar-refractivity contribution < 1.29 is 14.4 Å².